The molecule has 2 aromatic carbocycles. The Morgan fingerprint density at radius 2 is 0.729 bits per heavy atom. The van der Waals surface area contributed by atoms with E-state index in [0.717, 1.165) is 38.9 Å². The zero-order valence-electron chi connectivity index (χ0n) is 30.0. The number of rotatable bonds is 24. The number of hydrogen-bond acceptors (Lipinski definition) is 7. The van der Waals surface area contributed by atoms with E-state index in [4.69, 9.17) is 0 Å². The van der Waals surface area contributed by atoms with Crippen LogP contribution < -0.4 is 0 Å². The number of aryl methyl sites for hydroxylation is 2. The summed E-state index contributed by atoms with van der Waals surface area (Å²) in [6, 6.07) is 13.1. The minimum atomic E-state index is -4.35. The van der Waals surface area contributed by atoms with Crippen molar-refractivity contribution in [2.45, 2.75) is 165 Å². The van der Waals surface area contributed by atoms with Gasteiger partial charge < -0.3 is 13.8 Å². The Bertz CT molecular complexity index is 1170. The van der Waals surface area contributed by atoms with Crippen LogP contribution >= 0.6 is 0 Å². The van der Waals surface area contributed by atoms with Crippen LogP contribution in [0.3, 0.4) is 0 Å². The molecular weight excluding hydrogens is 673 g/mol. The van der Waals surface area contributed by atoms with Gasteiger partial charge in [0.2, 0.25) is 0 Å². The molecule has 0 atom stereocenters. The smallest absolute Gasteiger partial charge is 0.744 e. The van der Waals surface area contributed by atoms with Crippen molar-refractivity contribution in [2.24, 2.45) is 0 Å². The predicted molar refractivity (Wildman–Crippen MR) is 196 cm³/mol. The van der Waals surface area contributed by atoms with E-state index in [1.807, 2.05) is 0 Å². The summed E-state index contributed by atoms with van der Waals surface area (Å²) < 4.78 is 71.6. The van der Waals surface area contributed by atoms with Crippen molar-refractivity contribution in [3.63, 3.8) is 0 Å². The monoisotopic (exact) mass is 734 g/mol. The molecule has 0 unspecified atom stereocenters. The van der Waals surface area contributed by atoms with Crippen molar-refractivity contribution in [3.8, 4) is 0 Å². The summed E-state index contributed by atoms with van der Waals surface area (Å²) in [6.07, 6.45) is 26.3. The molecule has 48 heavy (non-hydrogen) atoms. The first-order valence-corrected chi connectivity index (χ1v) is 21.1. The average molecular weight is 735 g/mol. The van der Waals surface area contributed by atoms with Gasteiger partial charge in [-0.15, -0.1) is 0 Å². The summed E-state index contributed by atoms with van der Waals surface area (Å²) in [5.74, 6) is 0. The minimum Gasteiger partial charge on any atom is -0.744 e. The number of hydrogen-bond donors (Lipinski definition) is 0. The second kappa shape index (κ2) is 30.1. The van der Waals surface area contributed by atoms with E-state index in [0.29, 0.717) is 24.0 Å². The van der Waals surface area contributed by atoms with E-state index in [9.17, 15) is 25.9 Å². The van der Waals surface area contributed by atoms with Crippen LogP contribution in [-0.2, 0) is 37.8 Å². The van der Waals surface area contributed by atoms with Gasteiger partial charge in [0, 0.05) is 0 Å². The van der Waals surface area contributed by atoms with Gasteiger partial charge >= 0.3 is 37.7 Å². The Kier molecular flexibility index (Phi) is 29.8. The van der Waals surface area contributed by atoms with Gasteiger partial charge in [0.05, 0.1) is 23.0 Å². The fourth-order valence-corrected chi connectivity index (χ4v) is 6.99. The van der Waals surface area contributed by atoms with E-state index < -0.39 is 20.2 Å². The number of benzene rings is 2. The van der Waals surface area contributed by atoms with Crippen molar-refractivity contribution in [1.29, 1.82) is 0 Å². The number of epoxide rings is 1. The number of ether oxygens (including phenoxy) is 1. The van der Waals surface area contributed by atoms with Gasteiger partial charge in [-0.3, -0.25) is 0 Å². The molecular formula is C38H62CaO7S2. The van der Waals surface area contributed by atoms with Crippen molar-refractivity contribution >= 4 is 58.0 Å². The second-order valence-corrected chi connectivity index (χ2v) is 15.3. The van der Waals surface area contributed by atoms with Crippen LogP contribution in [0, 0.1) is 0 Å². The molecule has 1 aliphatic rings. The third-order valence-electron chi connectivity index (χ3n) is 8.29. The molecule has 0 aliphatic carbocycles. The molecule has 0 saturated carbocycles. The van der Waals surface area contributed by atoms with Gasteiger partial charge in [-0.1, -0.05) is 166 Å². The molecule has 2 aromatic rings. The molecule has 1 heterocycles. The summed E-state index contributed by atoms with van der Waals surface area (Å²) in [5, 5.41) is 0. The first-order valence-electron chi connectivity index (χ1n) is 18.3. The Labute approximate surface area is 323 Å². The molecule has 1 saturated heterocycles. The first kappa shape index (κ1) is 47.5. The van der Waals surface area contributed by atoms with Crippen LogP contribution in [0.5, 0.6) is 0 Å². The SMILES string of the molecule is C1CO1.CCCCCCCCCCCCc1ccccc1S(=O)(=O)[O-].CCCCCCCCCCCCc1ccccc1S(=O)(=O)[O-].[Ca+2]. The maximum absolute atomic E-state index is 11.2. The van der Waals surface area contributed by atoms with Gasteiger partial charge in [0.25, 0.3) is 0 Å². The van der Waals surface area contributed by atoms with Crippen molar-refractivity contribution in [3.05, 3.63) is 59.7 Å². The van der Waals surface area contributed by atoms with Crippen LogP contribution in [0.2, 0.25) is 0 Å². The molecule has 0 N–H and O–H groups in total. The molecule has 270 valence electrons. The van der Waals surface area contributed by atoms with Crippen LogP contribution in [-0.4, -0.2) is 76.9 Å². The molecule has 0 bridgehead atoms. The van der Waals surface area contributed by atoms with Gasteiger partial charge in [-0.2, -0.15) is 0 Å². The van der Waals surface area contributed by atoms with E-state index in [-0.39, 0.29) is 47.5 Å². The first-order chi connectivity index (χ1) is 22.6. The molecule has 1 aliphatic heterocycles. The standard InChI is InChI=1S/2C18H30O3S.C2H4O.Ca/c2*1-2-3-4-5-6-7-8-9-10-11-14-17-15-12-13-16-18(17)22(19,20)21;1-2-3-1;/h2*12-13,15-16H,2-11,14H2,1H3,(H,19,20,21);1-2H2;/q;;;+2/p-2. The summed E-state index contributed by atoms with van der Waals surface area (Å²) in [5.41, 5.74) is 1.33. The maximum Gasteiger partial charge on any atom is 2.00 e. The Balaban J connectivity index is 0.000000827. The molecule has 0 spiro atoms. The summed E-state index contributed by atoms with van der Waals surface area (Å²) >= 11 is 0. The van der Waals surface area contributed by atoms with E-state index >= 15 is 0 Å². The Morgan fingerprint density at radius 3 is 0.979 bits per heavy atom. The normalized spacial score (nSPS) is 12.2. The summed E-state index contributed by atoms with van der Waals surface area (Å²) in [4.78, 5) is -0.100. The van der Waals surface area contributed by atoms with Crippen molar-refractivity contribution in [1.82, 2.24) is 0 Å². The van der Waals surface area contributed by atoms with Gasteiger partial charge in [0.1, 0.15) is 20.2 Å². The quantitative estimate of drug-likeness (QED) is 0.0455. The topological polar surface area (TPSA) is 127 Å². The minimum absolute atomic E-state index is 0. The average Bonchev–Trinajstić information content (AvgIpc) is 3.93. The van der Waals surface area contributed by atoms with Crippen molar-refractivity contribution < 1.29 is 30.7 Å². The van der Waals surface area contributed by atoms with Gasteiger partial charge in [-0.05, 0) is 48.9 Å². The van der Waals surface area contributed by atoms with Crippen LogP contribution in [0.15, 0.2) is 58.3 Å². The van der Waals surface area contributed by atoms with Crippen LogP contribution in [0.25, 0.3) is 0 Å². The zero-order valence-corrected chi connectivity index (χ0v) is 33.8. The van der Waals surface area contributed by atoms with Crippen molar-refractivity contribution in [2.75, 3.05) is 13.2 Å². The third kappa shape index (κ3) is 26.3. The summed E-state index contributed by atoms with van der Waals surface area (Å²) in [7, 11) is -8.69. The maximum atomic E-state index is 11.2. The zero-order chi connectivity index (χ0) is 34.6. The molecule has 10 heteroatoms. The molecule has 0 radical (unpaired) electrons. The molecule has 1 fully saturated rings. The fraction of sp³-hybridized carbons (Fsp3) is 0.684. The van der Waals surface area contributed by atoms with Gasteiger partial charge in [0.15, 0.2) is 0 Å². The molecule has 3 rings (SSSR count). The Hall–Kier alpha value is -0.520. The van der Waals surface area contributed by atoms with Crippen LogP contribution in [0.1, 0.15) is 153 Å². The second-order valence-electron chi connectivity index (χ2n) is 12.6. The fourth-order valence-electron chi connectivity index (χ4n) is 5.51. The number of unbranched alkanes of at least 4 members (excludes halogenated alkanes) is 18. The van der Waals surface area contributed by atoms with Gasteiger partial charge in [-0.25, -0.2) is 16.8 Å². The summed E-state index contributed by atoms with van der Waals surface area (Å²) in [6.45, 7) is 6.46. The van der Waals surface area contributed by atoms with Crippen LogP contribution in [0.4, 0.5) is 0 Å². The Morgan fingerprint density at radius 1 is 0.479 bits per heavy atom. The third-order valence-corrected chi connectivity index (χ3v) is 10.2. The van der Waals surface area contributed by atoms with E-state index in [1.54, 1.807) is 36.4 Å². The molecule has 7 nitrogen and oxygen atoms in total. The van der Waals surface area contributed by atoms with E-state index in [2.05, 4.69) is 18.6 Å². The predicted octanol–water partition coefficient (Wildman–Crippen LogP) is 9.74. The largest absolute Gasteiger partial charge is 2.00 e. The molecule has 0 amide bonds. The molecule has 0 aromatic heterocycles. The van der Waals surface area contributed by atoms with E-state index in [1.165, 1.54) is 115 Å².